The summed E-state index contributed by atoms with van der Waals surface area (Å²) in [4.78, 5) is 10.8. The number of hydrogen-bond acceptors (Lipinski definition) is 2. The van der Waals surface area contributed by atoms with Gasteiger partial charge in [-0.3, -0.25) is 0 Å². The van der Waals surface area contributed by atoms with Gasteiger partial charge >= 0.3 is 18.3 Å². The lowest BCUT2D eigenvalue weighted by Crippen LogP contribution is -2.48. The quantitative estimate of drug-likeness (QED) is 0.849. The lowest BCUT2D eigenvalue weighted by Gasteiger charge is -2.26. The predicted octanol–water partition coefficient (Wildman–Crippen LogP) is 3.19. The summed E-state index contributed by atoms with van der Waals surface area (Å²) in [5.41, 5.74) is 0.244. The standard InChI is InChI=1S/C12H10F6O3/c13-11(14,15)10(12(16,17)18)21-8(9(19)20)6-7-4-2-1-3-5-7/h1-5,8,10H,6H2,(H,19,20)/t8-/m0/s1. The van der Waals surface area contributed by atoms with E-state index < -0.39 is 37.0 Å². The number of hydrogen-bond donors (Lipinski definition) is 1. The van der Waals surface area contributed by atoms with Gasteiger partial charge in [-0.1, -0.05) is 30.3 Å². The van der Waals surface area contributed by atoms with Crippen molar-refractivity contribution in [2.45, 2.75) is 31.0 Å². The molecule has 0 aliphatic carbocycles. The predicted molar refractivity (Wildman–Crippen MR) is 58.6 cm³/mol. The lowest BCUT2D eigenvalue weighted by atomic mass is 10.1. The van der Waals surface area contributed by atoms with Crippen molar-refractivity contribution in [2.75, 3.05) is 0 Å². The molecule has 0 saturated heterocycles. The zero-order valence-corrected chi connectivity index (χ0v) is 10.3. The number of carboxylic acids is 1. The largest absolute Gasteiger partial charge is 0.479 e. The van der Waals surface area contributed by atoms with Crippen molar-refractivity contribution in [1.82, 2.24) is 0 Å². The summed E-state index contributed by atoms with van der Waals surface area (Å²) in [5.74, 6) is -1.91. The number of carbonyl (C=O) groups is 1. The maximum Gasteiger partial charge on any atom is 0.423 e. The molecule has 0 saturated carbocycles. The van der Waals surface area contributed by atoms with Crippen LogP contribution in [-0.2, 0) is 16.0 Å². The van der Waals surface area contributed by atoms with Gasteiger partial charge < -0.3 is 9.84 Å². The Morgan fingerprint density at radius 3 is 1.90 bits per heavy atom. The van der Waals surface area contributed by atoms with Crippen molar-refractivity contribution in [3.63, 3.8) is 0 Å². The Labute approximate surface area is 115 Å². The highest BCUT2D eigenvalue weighted by molar-refractivity contribution is 5.72. The molecule has 0 amide bonds. The van der Waals surface area contributed by atoms with Gasteiger partial charge in [0.1, 0.15) is 0 Å². The molecular formula is C12H10F6O3. The van der Waals surface area contributed by atoms with Crippen LogP contribution >= 0.6 is 0 Å². The molecule has 1 N–H and O–H groups in total. The molecule has 0 fully saturated rings. The summed E-state index contributed by atoms with van der Waals surface area (Å²) < 4.78 is 77.8. The third-order valence-corrected chi connectivity index (χ3v) is 2.43. The first-order valence-electron chi connectivity index (χ1n) is 5.57. The molecule has 0 spiro atoms. The Morgan fingerprint density at radius 2 is 1.52 bits per heavy atom. The molecule has 21 heavy (non-hydrogen) atoms. The van der Waals surface area contributed by atoms with Crippen LogP contribution in [0.1, 0.15) is 5.56 Å². The average Bonchev–Trinajstić information content (AvgIpc) is 2.32. The van der Waals surface area contributed by atoms with Crippen LogP contribution < -0.4 is 0 Å². The SMILES string of the molecule is O=C(O)[C@H](Cc1ccccc1)OC(C(F)(F)F)C(F)(F)F. The lowest BCUT2D eigenvalue weighted by molar-refractivity contribution is -0.329. The molecule has 3 nitrogen and oxygen atoms in total. The summed E-state index contributed by atoms with van der Waals surface area (Å²) in [6.45, 7) is 0. The van der Waals surface area contributed by atoms with Gasteiger partial charge in [-0.05, 0) is 5.56 Å². The number of benzene rings is 1. The topological polar surface area (TPSA) is 46.5 Å². The fourth-order valence-corrected chi connectivity index (χ4v) is 1.53. The van der Waals surface area contributed by atoms with Crippen LogP contribution in [0.2, 0.25) is 0 Å². The molecule has 1 aromatic rings. The van der Waals surface area contributed by atoms with E-state index in [-0.39, 0.29) is 5.56 Å². The second-order valence-corrected chi connectivity index (χ2v) is 4.12. The van der Waals surface area contributed by atoms with Crippen LogP contribution in [0.15, 0.2) is 30.3 Å². The molecular weight excluding hydrogens is 306 g/mol. The van der Waals surface area contributed by atoms with E-state index >= 15 is 0 Å². The highest BCUT2D eigenvalue weighted by Crippen LogP contribution is 2.36. The van der Waals surface area contributed by atoms with E-state index in [0.29, 0.717) is 0 Å². The Morgan fingerprint density at radius 1 is 1.05 bits per heavy atom. The number of alkyl halides is 6. The van der Waals surface area contributed by atoms with Crippen LogP contribution in [0.5, 0.6) is 0 Å². The van der Waals surface area contributed by atoms with E-state index in [4.69, 9.17) is 5.11 Å². The summed E-state index contributed by atoms with van der Waals surface area (Å²) in [6, 6.07) is 7.25. The fourth-order valence-electron chi connectivity index (χ4n) is 1.53. The third kappa shape index (κ3) is 5.25. The van der Waals surface area contributed by atoms with Crippen LogP contribution in [0.25, 0.3) is 0 Å². The minimum Gasteiger partial charge on any atom is -0.479 e. The van der Waals surface area contributed by atoms with Crippen molar-refractivity contribution >= 4 is 5.97 Å². The summed E-state index contributed by atoms with van der Waals surface area (Å²) in [7, 11) is 0. The summed E-state index contributed by atoms with van der Waals surface area (Å²) >= 11 is 0. The van der Waals surface area contributed by atoms with Crippen LogP contribution in [-0.4, -0.2) is 35.6 Å². The molecule has 1 atom stereocenters. The van der Waals surface area contributed by atoms with Gasteiger partial charge in [-0.15, -0.1) is 0 Å². The van der Waals surface area contributed by atoms with Gasteiger partial charge in [0.15, 0.2) is 6.10 Å². The van der Waals surface area contributed by atoms with Crippen LogP contribution in [0, 0.1) is 0 Å². The first kappa shape index (κ1) is 17.3. The van der Waals surface area contributed by atoms with E-state index in [0.717, 1.165) is 0 Å². The van der Waals surface area contributed by atoms with E-state index in [1.165, 1.54) is 24.3 Å². The van der Waals surface area contributed by atoms with Gasteiger partial charge in [0.05, 0.1) is 0 Å². The summed E-state index contributed by atoms with van der Waals surface area (Å²) in [5, 5.41) is 8.76. The van der Waals surface area contributed by atoms with E-state index in [2.05, 4.69) is 4.74 Å². The molecule has 0 bridgehead atoms. The van der Waals surface area contributed by atoms with Gasteiger partial charge in [0.2, 0.25) is 6.10 Å². The molecule has 0 radical (unpaired) electrons. The molecule has 1 aromatic carbocycles. The average molecular weight is 316 g/mol. The minimum atomic E-state index is -5.75. The molecule has 0 unspecified atom stereocenters. The second-order valence-electron chi connectivity index (χ2n) is 4.12. The van der Waals surface area contributed by atoms with Crippen LogP contribution in [0.3, 0.4) is 0 Å². The molecule has 0 aromatic heterocycles. The third-order valence-electron chi connectivity index (χ3n) is 2.43. The first-order chi connectivity index (χ1) is 9.51. The monoisotopic (exact) mass is 316 g/mol. The van der Waals surface area contributed by atoms with Crippen molar-refractivity contribution in [3.8, 4) is 0 Å². The van der Waals surface area contributed by atoms with Crippen molar-refractivity contribution in [3.05, 3.63) is 35.9 Å². The van der Waals surface area contributed by atoms with Crippen molar-refractivity contribution < 1.29 is 41.0 Å². The van der Waals surface area contributed by atoms with Gasteiger partial charge in [-0.25, -0.2) is 4.79 Å². The number of halogens is 6. The number of carboxylic acid groups (broad SMARTS) is 1. The molecule has 118 valence electrons. The van der Waals surface area contributed by atoms with E-state index in [1.54, 1.807) is 6.07 Å². The Kier molecular flexibility index (Phi) is 5.21. The maximum absolute atomic E-state index is 12.3. The highest BCUT2D eigenvalue weighted by atomic mass is 19.4. The maximum atomic E-state index is 12.3. The van der Waals surface area contributed by atoms with E-state index in [1.807, 2.05) is 0 Å². The van der Waals surface area contributed by atoms with Crippen molar-refractivity contribution in [1.29, 1.82) is 0 Å². The Bertz CT molecular complexity index is 454. The smallest absolute Gasteiger partial charge is 0.423 e. The highest BCUT2D eigenvalue weighted by Gasteiger charge is 2.59. The van der Waals surface area contributed by atoms with Gasteiger partial charge in [0, 0.05) is 6.42 Å². The van der Waals surface area contributed by atoms with Gasteiger partial charge in [-0.2, -0.15) is 26.3 Å². The zero-order chi connectivity index (χ0) is 16.3. The van der Waals surface area contributed by atoms with Crippen molar-refractivity contribution in [2.24, 2.45) is 0 Å². The molecule has 1 rings (SSSR count). The normalized spacial score (nSPS) is 14.2. The van der Waals surface area contributed by atoms with E-state index in [9.17, 15) is 31.1 Å². The Balaban J connectivity index is 2.93. The van der Waals surface area contributed by atoms with Crippen LogP contribution in [0.4, 0.5) is 26.3 Å². The number of aliphatic carboxylic acids is 1. The zero-order valence-electron chi connectivity index (χ0n) is 10.3. The molecule has 0 heterocycles. The number of ether oxygens (including phenoxy) is 1. The minimum absolute atomic E-state index is 0.244. The first-order valence-corrected chi connectivity index (χ1v) is 5.57. The summed E-state index contributed by atoms with van der Waals surface area (Å²) in [6.07, 6.45) is -18.5. The molecule has 0 aliphatic heterocycles. The Hall–Kier alpha value is -1.77. The second kappa shape index (κ2) is 6.33. The molecule has 0 aliphatic rings. The number of rotatable bonds is 5. The van der Waals surface area contributed by atoms with Gasteiger partial charge in [0.25, 0.3) is 0 Å². The fraction of sp³-hybridized carbons (Fsp3) is 0.417. The molecule has 9 heteroatoms.